The quantitative estimate of drug-likeness (QED) is 0.0861. The van der Waals surface area contributed by atoms with Crippen LogP contribution in [0.2, 0.25) is 0 Å². The maximum Gasteiger partial charge on any atom is 0.0166 e. The van der Waals surface area contributed by atoms with Crippen molar-refractivity contribution in [1.82, 2.24) is 0 Å². The minimum absolute atomic E-state index is 1.33. The Kier molecular flexibility index (Phi) is 33.7. The molecule has 0 nitrogen and oxygen atoms in total. The summed E-state index contributed by atoms with van der Waals surface area (Å²) in [5, 5.41) is 0. The van der Waals surface area contributed by atoms with Crippen LogP contribution in [0.3, 0.4) is 0 Å². The molecular weight excluding hydrogens is 428 g/mol. The molecule has 0 amide bonds. The van der Waals surface area contributed by atoms with Crippen LogP contribution < -0.4 is 0 Å². The van der Waals surface area contributed by atoms with E-state index in [0.717, 1.165) is 0 Å². The zero-order valence-electron chi connectivity index (χ0n) is 24.2. The molecule has 0 N–H and O–H groups in total. The predicted molar refractivity (Wildman–Crippen MR) is 162 cm³/mol. The fourth-order valence-corrected chi connectivity index (χ4v) is 5.84. The van der Waals surface area contributed by atoms with Crippen molar-refractivity contribution < 1.29 is 0 Å². The molecule has 0 saturated heterocycles. The summed E-state index contributed by atoms with van der Waals surface area (Å²) in [7, 11) is 0. The van der Waals surface area contributed by atoms with Crippen LogP contribution in [0.25, 0.3) is 0 Å². The molecule has 1 radical (unpaired) electrons. The molecule has 0 aliphatic carbocycles. The van der Waals surface area contributed by atoms with Gasteiger partial charge in [0.15, 0.2) is 0 Å². The Balaban J connectivity index is 2.99. The summed E-state index contributed by atoms with van der Waals surface area (Å²) < 4.78 is 0. The molecule has 205 valence electrons. The highest BCUT2D eigenvalue weighted by atomic mass is 32.2. The van der Waals surface area contributed by atoms with Gasteiger partial charge in [-0.2, -0.15) is 11.8 Å². The van der Waals surface area contributed by atoms with Crippen molar-refractivity contribution in [3.05, 3.63) is 5.75 Å². The zero-order valence-corrected chi connectivity index (χ0v) is 25.0. The highest BCUT2D eigenvalue weighted by Gasteiger charge is 1.97. The average Bonchev–Trinajstić information content (AvgIpc) is 2.85. The number of hydrogen-bond acceptors (Lipinski definition) is 1. The first-order chi connectivity index (χ1) is 16.9. The molecule has 0 aromatic carbocycles. The fraction of sp³-hybridized carbons (Fsp3) is 0.970. The van der Waals surface area contributed by atoms with E-state index in [0.29, 0.717) is 0 Å². The third kappa shape index (κ3) is 32.4. The molecule has 0 aliphatic rings. The van der Waals surface area contributed by atoms with Crippen LogP contribution in [0, 0.1) is 5.75 Å². The second-order valence-electron chi connectivity index (χ2n) is 11.0. The third-order valence-corrected chi connectivity index (χ3v) is 8.40. The van der Waals surface area contributed by atoms with Crippen molar-refractivity contribution in [1.29, 1.82) is 0 Å². The van der Waals surface area contributed by atoms with Gasteiger partial charge in [0.2, 0.25) is 0 Å². The molecule has 1 heteroatoms. The van der Waals surface area contributed by atoms with E-state index in [4.69, 9.17) is 0 Å². The second-order valence-corrected chi connectivity index (χ2v) is 12.1. The minimum Gasteiger partial charge on any atom is -0.157 e. The van der Waals surface area contributed by atoms with E-state index in [2.05, 4.69) is 31.4 Å². The molecule has 0 bridgehead atoms. The zero-order chi connectivity index (χ0) is 24.6. The van der Waals surface area contributed by atoms with Crippen LogP contribution in [-0.4, -0.2) is 5.75 Å². The Morgan fingerprint density at radius 3 is 0.912 bits per heavy atom. The minimum atomic E-state index is 1.33. The van der Waals surface area contributed by atoms with Gasteiger partial charge in [0, 0.05) is 5.75 Å². The number of unbranched alkanes of at least 4 members (excludes halogenated alkanes) is 27. The monoisotopic (exact) mass is 495 g/mol. The summed E-state index contributed by atoms with van der Waals surface area (Å²) in [5.74, 6) is 3.86. The number of rotatable bonds is 31. The van der Waals surface area contributed by atoms with Crippen molar-refractivity contribution in [3.63, 3.8) is 0 Å². The molecule has 0 aromatic heterocycles. The summed E-state index contributed by atoms with van der Waals surface area (Å²) >= 11 is 2.10. The van der Waals surface area contributed by atoms with Gasteiger partial charge in [-0.3, -0.25) is 0 Å². The summed E-state index contributed by atoms with van der Waals surface area (Å²) in [6, 6.07) is 0. The number of hydrogen-bond donors (Lipinski definition) is 0. The normalized spacial score (nSPS) is 11.5. The van der Waals surface area contributed by atoms with Crippen molar-refractivity contribution >= 4 is 11.8 Å². The molecule has 0 spiro atoms. The highest BCUT2D eigenvalue weighted by Crippen LogP contribution is 2.18. The van der Waals surface area contributed by atoms with Gasteiger partial charge in [-0.25, -0.2) is 0 Å². The fourth-order valence-electron chi connectivity index (χ4n) is 4.97. The lowest BCUT2D eigenvalue weighted by Crippen LogP contribution is -1.85. The Hall–Kier alpha value is 0.350. The maximum absolute atomic E-state index is 2.50. The van der Waals surface area contributed by atoms with Gasteiger partial charge in [-0.15, -0.1) is 0 Å². The van der Waals surface area contributed by atoms with Crippen LogP contribution in [0.15, 0.2) is 0 Å². The second kappa shape index (κ2) is 33.4. The van der Waals surface area contributed by atoms with Gasteiger partial charge in [0.1, 0.15) is 0 Å². The first-order valence-corrected chi connectivity index (χ1v) is 17.4. The van der Waals surface area contributed by atoms with Crippen molar-refractivity contribution in [2.75, 3.05) is 5.75 Å². The Bertz CT molecular complexity index is 295. The van der Waals surface area contributed by atoms with Gasteiger partial charge in [-0.1, -0.05) is 187 Å². The SMILES string of the molecule is CCCCCCCCCCCCCCCCC[CH]SCCCCCCCCCCCCCCC. The lowest BCUT2D eigenvalue weighted by Gasteiger charge is -2.04. The third-order valence-electron chi connectivity index (χ3n) is 7.41. The molecule has 0 saturated carbocycles. The van der Waals surface area contributed by atoms with Gasteiger partial charge in [-0.05, 0) is 18.6 Å². The lowest BCUT2D eigenvalue weighted by molar-refractivity contribution is 0.532. The van der Waals surface area contributed by atoms with E-state index in [1.54, 1.807) is 0 Å². The van der Waals surface area contributed by atoms with Gasteiger partial charge < -0.3 is 0 Å². The standard InChI is InChI=1S/C33H67S/c1-3-5-7-9-11-13-15-17-18-19-21-23-25-27-29-31-33-34-32-30-28-26-24-22-20-16-14-12-10-8-6-4-2/h33H,3-32H2,1-2H3. The van der Waals surface area contributed by atoms with E-state index in [1.165, 1.54) is 192 Å². The molecular formula is C33H67S. The molecule has 0 atom stereocenters. The molecule has 0 heterocycles. The Labute approximate surface area is 223 Å². The smallest absolute Gasteiger partial charge is 0.0166 e. The van der Waals surface area contributed by atoms with Crippen LogP contribution >= 0.6 is 11.8 Å². The first kappa shape index (κ1) is 34.4. The van der Waals surface area contributed by atoms with Crippen molar-refractivity contribution in [2.45, 2.75) is 200 Å². The van der Waals surface area contributed by atoms with Crippen LogP contribution in [-0.2, 0) is 0 Å². The van der Waals surface area contributed by atoms with E-state index >= 15 is 0 Å². The number of thioether (sulfide) groups is 1. The van der Waals surface area contributed by atoms with Crippen LogP contribution in [0.4, 0.5) is 0 Å². The molecule has 0 aromatic rings. The van der Waals surface area contributed by atoms with Crippen molar-refractivity contribution in [3.8, 4) is 0 Å². The Morgan fingerprint density at radius 2 is 0.588 bits per heavy atom. The van der Waals surface area contributed by atoms with Gasteiger partial charge in [0.25, 0.3) is 0 Å². The van der Waals surface area contributed by atoms with Gasteiger partial charge >= 0.3 is 0 Å². The highest BCUT2D eigenvalue weighted by molar-refractivity contribution is 8.01. The summed E-state index contributed by atoms with van der Waals surface area (Å²) in [4.78, 5) is 0. The molecule has 0 rings (SSSR count). The average molecular weight is 496 g/mol. The van der Waals surface area contributed by atoms with E-state index in [-0.39, 0.29) is 0 Å². The van der Waals surface area contributed by atoms with Crippen LogP contribution in [0.5, 0.6) is 0 Å². The summed E-state index contributed by atoms with van der Waals surface area (Å²) in [6.07, 6.45) is 42.3. The predicted octanol–water partition coefficient (Wildman–Crippen LogP) is 13.2. The van der Waals surface area contributed by atoms with E-state index < -0.39 is 0 Å². The summed E-state index contributed by atoms with van der Waals surface area (Å²) in [5.41, 5.74) is 0. The molecule has 34 heavy (non-hydrogen) atoms. The molecule has 0 unspecified atom stereocenters. The topological polar surface area (TPSA) is 0 Å². The molecule has 0 aliphatic heterocycles. The van der Waals surface area contributed by atoms with E-state index in [1.807, 2.05) is 0 Å². The summed E-state index contributed by atoms with van der Waals surface area (Å²) in [6.45, 7) is 4.61. The van der Waals surface area contributed by atoms with E-state index in [9.17, 15) is 0 Å². The first-order valence-electron chi connectivity index (χ1n) is 16.3. The van der Waals surface area contributed by atoms with Crippen molar-refractivity contribution in [2.24, 2.45) is 0 Å². The van der Waals surface area contributed by atoms with Gasteiger partial charge in [0.05, 0.1) is 0 Å². The Morgan fingerprint density at radius 1 is 0.324 bits per heavy atom. The van der Waals surface area contributed by atoms with Crippen LogP contribution in [0.1, 0.15) is 200 Å². The molecule has 0 fully saturated rings. The lowest BCUT2D eigenvalue weighted by atomic mass is 10.0. The largest absolute Gasteiger partial charge is 0.157 e. The maximum atomic E-state index is 2.50.